The molecule has 0 saturated carbocycles. The number of aromatic nitrogens is 1. The van der Waals surface area contributed by atoms with Crippen LogP contribution in [0.3, 0.4) is 0 Å². The zero-order valence-electron chi connectivity index (χ0n) is 10.6. The number of para-hydroxylation sites is 1. The van der Waals surface area contributed by atoms with Crippen LogP contribution in [0.5, 0.6) is 0 Å². The third-order valence-corrected chi connectivity index (χ3v) is 3.69. The SMILES string of the molecule is COC(=O)c1cccc(Br)c1-c1noc2ccccc12. The van der Waals surface area contributed by atoms with Crippen molar-refractivity contribution in [2.75, 3.05) is 7.11 Å². The van der Waals surface area contributed by atoms with Gasteiger partial charge in [-0.1, -0.05) is 39.3 Å². The Morgan fingerprint density at radius 1 is 1.20 bits per heavy atom. The van der Waals surface area contributed by atoms with Crippen LogP contribution in [0.4, 0.5) is 0 Å². The van der Waals surface area contributed by atoms with Gasteiger partial charge < -0.3 is 9.26 Å². The predicted octanol–water partition coefficient (Wildman–Crippen LogP) is 4.04. The smallest absolute Gasteiger partial charge is 0.338 e. The van der Waals surface area contributed by atoms with Gasteiger partial charge in [0.15, 0.2) is 5.58 Å². The van der Waals surface area contributed by atoms with E-state index in [-0.39, 0.29) is 0 Å². The third-order valence-electron chi connectivity index (χ3n) is 3.03. The maximum Gasteiger partial charge on any atom is 0.338 e. The maximum atomic E-state index is 11.9. The third kappa shape index (κ3) is 2.00. The maximum absolute atomic E-state index is 11.9. The quantitative estimate of drug-likeness (QED) is 0.665. The van der Waals surface area contributed by atoms with Gasteiger partial charge >= 0.3 is 5.97 Å². The lowest BCUT2D eigenvalue weighted by Gasteiger charge is -2.07. The topological polar surface area (TPSA) is 52.3 Å². The van der Waals surface area contributed by atoms with E-state index < -0.39 is 5.97 Å². The minimum absolute atomic E-state index is 0.409. The largest absolute Gasteiger partial charge is 0.465 e. The van der Waals surface area contributed by atoms with E-state index in [1.165, 1.54) is 7.11 Å². The summed E-state index contributed by atoms with van der Waals surface area (Å²) in [7, 11) is 1.36. The number of ether oxygens (including phenoxy) is 1. The molecule has 4 nitrogen and oxygen atoms in total. The van der Waals surface area contributed by atoms with Crippen molar-refractivity contribution in [2.45, 2.75) is 0 Å². The summed E-state index contributed by atoms with van der Waals surface area (Å²) in [5.74, 6) is -0.409. The second-order valence-electron chi connectivity index (χ2n) is 4.18. The summed E-state index contributed by atoms with van der Waals surface area (Å²) < 4.78 is 10.9. The Hall–Kier alpha value is -2.14. The molecule has 0 fully saturated rings. The number of carbonyl (C=O) groups is 1. The van der Waals surface area contributed by atoms with Gasteiger partial charge in [0.25, 0.3) is 0 Å². The second kappa shape index (κ2) is 5.09. The zero-order chi connectivity index (χ0) is 14.1. The van der Waals surface area contributed by atoms with E-state index in [0.29, 0.717) is 22.4 Å². The molecule has 0 radical (unpaired) electrons. The molecule has 20 heavy (non-hydrogen) atoms. The lowest BCUT2D eigenvalue weighted by atomic mass is 10.0. The Kier molecular flexibility index (Phi) is 3.28. The first-order valence-electron chi connectivity index (χ1n) is 5.94. The fourth-order valence-corrected chi connectivity index (χ4v) is 2.67. The number of nitrogens with zero attached hydrogens (tertiary/aromatic N) is 1. The minimum atomic E-state index is -0.409. The molecule has 0 aliphatic carbocycles. The summed E-state index contributed by atoms with van der Waals surface area (Å²) in [5.41, 5.74) is 2.41. The number of hydrogen-bond donors (Lipinski definition) is 0. The molecule has 2 aromatic carbocycles. The number of carbonyl (C=O) groups excluding carboxylic acids is 1. The van der Waals surface area contributed by atoms with Crippen molar-refractivity contribution >= 4 is 32.9 Å². The van der Waals surface area contributed by atoms with Gasteiger partial charge in [0.1, 0.15) is 5.69 Å². The van der Waals surface area contributed by atoms with Gasteiger partial charge in [-0.05, 0) is 24.3 Å². The van der Waals surface area contributed by atoms with Crippen LogP contribution in [0.25, 0.3) is 22.2 Å². The Balaban J connectivity index is 2.31. The summed E-state index contributed by atoms with van der Waals surface area (Å²) in [6.45, 7) is 0. The molecule has 0 spiro atoms. The van der Waals surface area contributed by atoms with Crippen LogP contribution in [-0.4, -0.2) is 18.2 Å². The highest BCUT2D eigenvalue weighted by Crippen LogP contribution is 2.35. The molecule has 3 aromatic rings. The van der Waals surface area contributed by atoms with E-state index in [1.54, 1.807) is 12.1 Å². The summed E-state index contributed by atoms with van der Waals surface area (Å²) >= 11 is 3.46. The van der Waals surface area contributed by atoms with Gasteiger partial charge in [-0.3, -0.25) is 0 Å². The molecule has 0 bridgehead atoms. The number of halogens is 1. The molecule has 0 amide bonds. The Labute approximate surface area is 123 Å². The molecule has 3 rings (SSSR count). The van der Waals surface area contributed by atoms with Crippen molar-refractivity contribution < 1.29 is 14.1 Å². The van der Waals surface area contributed by atoms with Crippen LogP contribution >= 0.6 is 15.9 Å². The first kappa shape index (κ1) is 12.9. The van der Waals surface area contributed by atoms with Crippen molar-refractivity contribution in [1.29, 1.82) is 0 Å². The molecule has 100 valence electrons. The molecule has 0 unspecified atom stereocenters. The van der Waals surface area contributed by atoms with Gasteiger partial charge in [0.2, 0.25) is 0 Å². The molecule has 0 saturated heterocycles. The first-order chi connectivity index (χ1) is 9.72. The molecule has 1 aromatic heterocycles. The summed E-state index contributed by atoms with van der Waals surface area (Å²) in [5, 5.41) is 4.94. The first-order valence-corrected chi connectivity index (χ1v) is 6.73. The van der Waals surface area contributed by atoms with Crippen LogP contribution in [-0.2, 0) is 4.74 Å². The summed E-state index contributed by atoms with van der Waals surface area (Å²) in [6, 6.07) is 12.8. The van der Waals surface area contributed by atoms with E-state index in [9.17, 15) is 4.79 Å². The number of esters is 1. The standard InChI is InChI=1S/C15H10BrNO3/c1-19-15(18)10-6-4-7-11(16)13(10)14-9-5-2-3-8-12(9)20-17-14/h2-8H,1H3. The molecular formula is C15H10BrNO3. The van der Waals surface area contributed by atoms with Crippen molar-refractivity contribution in [3.63, 3.8) is 0 Å². The average molecular weight is 332 g/mol. The van der Waals surface area contributed by atoms with E-state index in [1.807, 2.05) is 30.3 Å². The summed E-state index contributed by atoms with van der Waals surface area (Å²) in [6.07, 6.45) is 0. The summed E-state index contributed by atoms with van der Waals surface area (Å²) in [4.78, 5) is 11.9. The van der Waals surface area contributed by atoms with E-state index >= 15 is 0 Å². The highest BCUT2D eigenvalue weighted by atomic mass is 79.9. The van der Waals surface area contributed by atoms with E-state index in [4.69, 9.17) is 9.26 Å². The molecule has 0 aliphatic rings. The van der Waals surface area contributed by atoms with E-state index in [0.717, 1.165) is 9.86 Å². The lowest BCUT2D eigenvalue weighted by molar-refractivity contribution is 0.0601. The number of methoxy groups -OCH3 is 1. The number of fused-ring (bicyclic) bond motifs is 1. The zero-order valence-corrected chi connectivity index (χ0v) is 12.2. The van der Waals surface area contributed by atoms with E-state index in [2.05, 4.69) is 21.1 Å². The Morgan fingerprint density at radius 3 is 2.80 bits per heavy atom. The number of rotatable bonds is 2. The van der Waals surface area contributed by atoms with Gasteiger partial charge in [-0.2, -0.15) is 0 Å². The van der Waals surface area contributed by atoms with Crippen LogP contribution < -0.4 is 0 Å². The van der Waals surface area contributed by atoms with Crippen LogP contribution in [0.2, 0.25) is 0 Å². The van der Waals surface area contributed by atoms with Crippen LogP contribution in [0.1, 0.15) is 10.4 Å². The fraction of sp³-hybridized carbons (Fsp3) is 0.0667. The van der Waals surface area contributed by atoms with Gasteiger partial charge in [-0.25, -0.2) is 4.79 Å². The number of hydrogen-bond acceptors (Lipinski definition) is 4. The van der Waals surface area contributed by atoms with Gasteiger partial charge in [-0.15, -0.1) is 0 Å². The highest BCUT2D eigenvalue weighted by Gasteiger charge is 2.20. The second-order valence-corrected chi connectivity index (χ2v) is 5.04. The fourth-order valence-electron chi connectivity index (χ4n) is 2.11. The Morgan fingerprint density at radius 2 is 2.00 bits per heavy atom. The molecule has 5 heteroatoms. The minimum Gasteiger partial charge on any atom is -0.465 e. The lowest BCUT2D eigenvalue weighted by Crippen LogP contribution is -2.04. The monoisotopic (exact) mass is 331 g/mol. The van der Waals surface area contributed by atoms with Crippen LogP contribution in [0, 0.1) is 0 Å². The normalized spacial score (nSPS) is 10.7. The highest BCUT2D eigenvalue weighted by molar-refractivity contribution is 9.10. The molecule has 0 N–H and O–H groups in total. The molecular weight excluding hydrogens is 322 g/mol. The molecule has 0 aliphatic heterocycles. The Bertz CT molecular complexity index is 795. The van der Waals surface area contributed by atoms with Gasteiger partial charge in [0.05, 0.1) is 12.7 Å². The van der Waals surface area contributed by atoms with Crippen molar-refractivity contribution in [3.05, 3.63) is 52.5 Å². The van der Waals surface area contributed by atoms with Gasteiger partial charge in [0, 0.05) is 15.4 Å². The van der Waals surface area contributed by atoms with Crippen LogP contribution in [0.15, 0.2) is 51.5 Å². The average Bonchev–Trinajstić information content (AvgIpc) is 2.90. The molecule has 1 heterocycles. The number of benzene rings is 2. The van der Waals surface area contributed by atoms with Crippen molar-refractivity contribution in [3.8, 4) is 11.3 Å². The van der Waals surface area contributed by atoms with Crippen molar-refractivity contribution in [2.24, 2.45) is 0 Å². The predicted molar refractivity (Wildman–Crippen MR) is 78.5 cm³/mol. The molecule has 0 atom stereocenters. The van der Waals surface area contributed by atoms with Crippen molar-refractivity contribution in [1.82, 2.24) is 5.16 Å².